The molecule has 29 heavy (non-hydrogen) atoms. The summed E-state index contributed by atoms with van der Waals surface area (Å²) in [4.78, 5) is 24.3. The first-order chi connectivity index (χ1) is 13.8. The predicted molar refractivity (Wildman–Crippen MR) is 110 cm³/mol. The molecule has 3 rings (SSSR count). The molecule has 2 aromatic rings. The Morgan fingerprint density at radius 1 is 1.31 bits per heavy atom. The monoisotopic (exact) mass is 439 g/mol. The van der Waals surface area contributed by atoms with Gasteiger partial charge in [0.1, 0.15) is 15.9 Å². The van der Waals surface area contributed by atoms with Gasteiger partial charge in [0.25, 0.3) is 0 Å². The summed E-state index contributed by atoms with van der Waals surface area (Å²) >= 11 is 0.970. The smallest absolute Gasteiger partial charge is 0.245 e. The van der Waals surface area contributed by atoms with E-state index in [1.54, 1.807) is 12.1 Å². The number of piperidine rings is 1. The highest BCUT2D eigenvalue weighted by atomic mass is 32.2. The highest BCUT2D eigenvalue weighted by Crippen LogP contribution is 2.28. The van der Waals surface area contributed by atoms with Gasteiger partial charge in [0.2, 0.25) is 21.8 Å². The highest BCUT2D eigenvalue weighted by Gasteiger charge is 2.34. The average molecular weight is 440 g/mol. The van der Waals surface area contributed by atoms with E-state index in [1.165, 1.54) is 10.4 Å². The van der Waals surface area contributed by atoms with Gasteiger partial charge in [-0.15, -0.1) is 0 Å². The van der Waals surface area contributed by atoms with Gasteiger partial charge in [0.15, 0.2) is 0 Å². The lowest BCUT2D eigenvalue weighted by Gasteiger charge is -2.31. The molecule has 1 aliphatic heterocycles. The maximum atomic E-state index is 13.2. The zero-order chi connectivity index (χ0) is 21.0. The Bertz CT molecular complexity index is 989. The van der Waals surface area contributed by atoms with Crippen LogP contribution in [0.1, 0.15) is 33.1 Å². The van der Waals surface area contributed by atoms with Gasteiger partial charge < -0.3 is 10.6 Å². The molecule has 2 heterocycles. The Kier molecular flexibility index (Phi) is 6.81. The zero-order valence-corrected chi connectivity index (χ0v) is 18.1. The molecule has 1 aliphatic rings. The van der Waals surface area contributed by atoms with Crippen LogP contribution in [0.3, 0.4) is 0 Å². The second kappa shape index (κ2) is 9.14. The molecule has 0 radical (unpaired) electrons. The van der Waals surface area contributed by atoms with Crippen LogP contribution in [0.2, 0.25) is 0 Å². The SMILES string of the molecule is CC(C)NC(=O)CCNC(=O)[C@H]1CCCN(S(=O)(=O)c2cccc3nsnc23)C1. The van der Waals surface area contributed by atoms with Gasteiger partial charge in [-0.25, -0.2) is 8.42 Å². The molecular formula is C18H25N5O4S2. The van der Waals surface area contributed by atoms with E-state index in [-0.39, 0.29) is 42.3 Å². The number of sulfonamides is 1. The van der Waals surface area contributed by atoms with E-state index in [0.717, 1.165) is 11.7 Å². The lowest BCUT2D eigenvalue weighted by molar-refractivity contribution is -0.126. The third-order valence-corrected chi connectivity index (χ3v) is 7.16. The number of nitrogens with one attached hydrogen (secondary N) is 2. The Labute approximate surface area is 174 Å². The van der Waals surface area contributed by atoms with E-state index in [2.05, 4.69) is 19.4 Å². The third-order valence-electron chi connectivity index (χ3n) is 4.72. The zero-order valence-electron chi connectivity index (χ0n) is 16.4. The second-order valence-electron chi connectivity index (χ2n) is 7.35. The first-order valence-corrected chi connectivity index (χ1v) is 11.7. The van der Waals surface area contributed by atoms with Crippen molar-refractivity contribution in [2.24, 2.45) is 5.92 Å². The van der Waals surface area contributed by atoms with Gasteiger partial charge in [-0.2, -0.15) is 13.1 Å². The fraction of sp³-hybridized carbons (Fsp3) is 0.556. The molecule has 0 bridgehead atoms. The molecule has 1 atom stereocenters. The minimum Gasteiger partial charge on any atom is -0.355 e. The van der Waals surface area contributed by atoms with Crippen molar-refractivity contribution in [2.75, 3.05) is 19.6 Å². The molecule has 2 amide bonds. The van der Waals surface area contributed by atoms with E-state index >= 15 is 0 Å². The van der Waals surface area contributed by atoms with Crippen LogP contribution in [0.25, 0.3) is 11.0 Å². The number of benzene rings is 1. The molecule has 0 spiro atoms. The number of nitrogens with zero attached hydrogens (tertiary/aromatic N) is 3. The van der Waals surface area contributed by atoms with E-state index in [1.807, 2.05) is 13.8 Å². The van der Waals surface area contributed by atoms with Crippen LogP contribution >= 0.6 is 11.7 Å². The van der Waals surface area contributed by atoms with Gasteiger partial charge in [0.05, 0.1) is 17.6 Å². The largest absolute Gasteiger partial charge is 0.355 e. The fourth-order valence-electron chi connectivity index (χ4n) is 3.34. The van der Waals surface area contributed by atoms with E-state index in [0.29, 0.717) is 30.4 Å². The van der Waals surface area contributed by atoms with Crippen LogP contribution < -0.4 is 10.6 Å². The molecule has 11 heteroatoms. The molecule has 1 aromatic heterocycles. The van der Waals surface area contributed by atoms with Crippen molar-refractivity contribution < 1.29 is 18.0 Å². The minimum atomic E-state index is -3.78. The number of hydrogen-bond acceptors (Lipinski definition) is 7. The lowest BCUT2D eigenvalue weighted by Crippen LogP contribution is -2.46. The van der Waals surface area contributed by atoms with Gasteiger partial charge in [-0.1, -0.05) is 6.07 Å². The summed E-state index contributed by atoms with van der Waals surface area (Å²) in [5, 5.41) is 5.52. The van der Waals surface area contributed by atoms with Crippen LogP contribution in [0.15, 0.2) is 23.1 Å². The number of carbonyl (C=O) groups excluding carboxylic acids is 2. The summed E-state index contributed by atoms with van der Waals surface area (Å²) in [6.45, 7) is 4.44. The van der Waals surface area contributed by atoms with E-state index < -0.39 is 15.9 Å². The molecule has 158 valence electrons. The van der Waals surface area contributed by atoms with Crippen LogP contribution in [0.5, 0.6) is 0 Å². The highest BCUT2D eigenvalue weighted by molar-refractivity contribution is 7.89. The first-order valence-electron chi connectivity index (χ1n) is 9.57. The standard InChI is InChI=1S/C18H25N5O4S2/c1-12(2)20-16(24)8-9-19-18(25)13-5-4-10-23(11-13)29(26,27)15-7-3-6-14-17(15)22-28-21-14/h3,6-7,12-13H,4-5,8-11H2,1-2H3,(H,19,25)(H,20,24)/t13-/m0/s1. The van der Waals surface area contributed by atoms with Crippen molar-refractivity contribution in [3.8, 4) is 0 Å². The number of hydrogen-bond donors (Lipinski definition) is 2. The summed E-state index contributed by atoms with van der Waals surface area (Å²) in [5.41, 5.74) is 0.905. The molecule has 0 saturated carbocycles. The number of amides is 2. The maximum absolute atomic E-state index is 13.2. The number of rotatable bonds is 7. The molecule has 1 saturated heterocycles. The normalized spacial score (nSPS) is 18.1. The lowest BCUT2D eigenvalue weighted by atomic mass is 9.99. The van der Waals surface area contributed by atoms with Crippen LogP contribution in [0, 0.1) is 5.92 Å². The molecule has 0 unspecified atom stereocenters. The van der Waals surface area contributed by atoms with Crippen molar-refractivity contribution in [3.05, 3.63) is 18.2 Å². The molecular weight excluding hydrogens is 414 g/mol. The molecule has 0 aliphatic carbocycles. The maximum Gasteiger partial charge on any atom is 0.245 e. The second-order valence-corrected chi connectivity index (χ2v) is 9.79. The number of aromatic nitrogens is 2. The Morgan fingerprint density at radius 2 is 2.10 bits per heavy atom. The minimum absolute atomic E-state index is 0.0488. The molecule has 1 aromatic carbocycles. The summed E-state index contributed by atoms with van der Waals surface area (Å²) in [7, 11) is -3.78. The van der Waals surface area contributed by atoms with Gasteiger partial charge in [-0.05, 0) is 38.8 Å². The summed E-state index contributed by atoms with van der Waals surface area (Å²) in [5.74, 6) is -0.798. The number of fused-ring (bicyclic) bond motifs is 1. The van der Waals surface area contributed by atoms with Crippen LogP contribution in [0.4, 0.5) is 0 Å². The molecule has 1 fully saturated rings. The third kappa shape index (κ3) is 5.09. The van der Waals surface area contributed by atoms with Crippen LogP contribution in [-0.4, -0.2) is 59.0 Å². The average Bonchev–Trinajstić information content (AvgIpc) is 3.16. The Balaban J connectivity index is 1.63. The fourth-order valence-corrected chi connectivity index (χ4v) is 5.62. The van der Waals surface area contributed by atoms with Gasteiger partial charge >= 0.3 is 0 Å². The van der Waals surface area contributed by atoms with E-state index in [4.69, 9.17) is 0 Å². The summed E-state index contributed by atoms with van der Waals surface area (Å²) in [6.07, 6.45) is 1.40. The van der Waals surface area contributed by atoms with Crippen molar-refractivity contribution >= 4 is 44.6 Å². The Morgan fingerprint density at radius 3 is 2.86 bits per heavy atom. The number of carbonyl (C=O) groups is 2. The quantitative estimate of drug-likeness (QED) is 0.667. The summed E-state index contributed by atoms with van der Waals surface area (Å²) in [6, 6.07) is 4.94. The van der Waals surface area contributed by atoms with Crippen molar-refractivity contribution in [1.29, 1.82) is 0 Å². The van der Waals surface area contributed by atoms with Crippen molar-refractivity contribution in [2.45, 2.75) is 44.0 Å². The van der Waals surface area contributed by atoms with Crippen LogP contribution in [-0.2, 0) is 19.6 Å². The van der Waals surface area contributed by atoms with Gasteiger partial charge in [-0.3, -0.25) is 9.59 Å². The topological polar surface area (TPSA) is 121 Å². The van der Waals surface area contributed by atoms with E-state index in [9.17, 15) is 18.0 Å². The van der Waals surface area contributed by atoms with Crippen molar-refractivity contribution in [3.63, 3.8) is 0 Å². The van der Waals surface area contributed by atoms with Crippen molar-refractivity contribution in [1.82, 2.24) is 23.7 Å². The first kappa shape index (κ1) is 21.6. The molecule has 9 nitrogen and oxygen atoms in total. The Hall–Kier alpha value is -2.11. The van der Waals surface area contributed by atoms with Gasteiger partial charge in [0, 0.05) is 32.1 Å². The predicted octanol–water partition coefficient (Wildman–Crippen LogP) is 1.12. The summed E-state index contributed by atoms with van der Waals surface area (Å²) < 4.78 is 35.9. The molecule has 2 N–H and O–H groups in total.